The number of rotatable bonds is 2. The maximum absolute atomic E-state index is 2.52. The lowest BCUT2D eigenvalue weighted by atomic mass is 9.78. The topological polar surface area (TPSA) is 6.25 Å². The molecule has 0 spiro atoms. The highest BCUT2D eigenvalue weighted by Crippen LogP contribution is 2.43. The standard InChI is InChI=1S/C31H47N2/c1-28(2,3)22-15-13-16-23(29(4,5)6)26(22)32-19-20-33(21-32)27-24(30(7,8)9)17-14-18-25(27)31(10,11)12/h13-18,21H,19-20H2,1-12H3/q+1. The Labute approximate surface area is 203 Å². The van der Waals surface area contributed by atoms with Gasteiger partial charge in [-0.15, -0.1) is 0 Å². The maximum Gasteiger partial charge on any atom is 0.244 e. The van der Waals surface area contributed by atoms with Gasteiger partial charge in [0.05, 0.1) is 0 Å². The van der Waals surface area contributed by atoms with E-state index >= 15 is 0 Å². The normalized spacial score (nSPS) is 15.8. The van der Waals surface area contributed by atoms with Crippen LogP contribution in [-0.4, -0.2) is 24.0 Å². The van der Waals surface area contributed by atoms with Crippen molar-refractivity contribution in [2.24, 2.45) is 0 Å². The summed E-state index contributed by atoms with van der Waals surface area (Å²) in [5.74, 6) is 0. The van der Waals surface area contributed by atoms with E-state index in [1.54, 1.807) is 0 Å². The van der Waals surface area contributed by atoms with E-state index in [0.29, 0.717) is 0 Å². The van der Waals surface area contributed by atoms with Gasteiger partial charge in [-0.25, -0.2) is 9.48 Å². The summed E-state index contributed by atoms with van der Waals surface area (Å²) in [6.45, 7) is 30.0. The van der Waals surface area contributed by atoms with Crippen LogP contribution in [0.5, 0.6) is 0 Å². The molecule has 0 bridgehead atoms. The summed E-state index contributed by atoms with van der Waals surface area (Å²) in [4.78, 5) is 2.52. The first-order chi connectivity index (χ1) is 14.9. The molecule has 0 aromatic heterocycles. The molecule has 2 nitrogen and oxygen atoms in total. The van der Waals surface area contributed by atoms with Crippen LogP contribution < -0.4 is 4.90 Å². The molecular weight excluding hydrogens is 400 g/mol. The summed E-state index contributed by atoms with van der Waals surface area (Å²) < 4.78 is 2.52. The Balaban J connectivity index is 2.26. The van der Waals surface area contributed by atoms with Crippen LogP contribution in [0.2, 0.25) is 0 Å². The first kappa shape index (κ1) is 25.5. The van der Waals surface area contributed by atoms with E-state index in [2.05, 4.69) is 135 Å². The van der Waals surface area contributed by atoms with Crippen LogP contribution in [0.15, 0.2) is 36.4 Å². The summed E-state index contributed by atoms with van der Waals surface area (Å²) >= 11 is 0. The SMILES string of the molecule is CC(C)(C)c1cccc(C(C)(C)C)c1N1C=[N+](c2c(C(C)(C)C)cccc2C(C)(C)C)CC1. The van der Waals surface area contributed by atoms with E-state index in [4.69, 9.17) is 0 Å². The monoisotopic (exact) mass is 447 g/mol. The molecule has 0 radical (unpaired) electrons. The molecule has 0 atom stereocenters. The fourth-order valence-electron chi connectivity index (χ4n) is 4.96. The highest BCUT2D eigenvalue weighted by Gasteiger charge is 2.37. The van der Waals surface area contributed by atoms with Crippen LogP contribution in [0.4, 0.5) is 11.4 Å². The van der Waals surface area contributed by atoms with Crippen molar-refractivity contribution in [2.45, 2.75) is 105 Å². The molecule has 2 aromatic rings. The quantitative estimate of drug-likeness (QED) is 0.422. The van der Waals surface area contributed by atoms with Gasteiger partial charge in [0, 0.05) is 22.3 Å². The van der Waals surface area contributed by atoms with Gasteiger partial charge in [0.1, 0.15) is 24.5 Å². The van der Waals surface area contributed by atoms with Gasteiger partial charge < -0.3 is 0 Å². The van der Waals surface area contributed by atoms with Gasteiger partial charge in [-0.05, 0) is 21.7 Å². The third-order valence-corrected chi connectivity index (χ3v) is 6.74. The van der Waals surface area contributed by atoms with Crippen LogP contribution in [-0.2, 0) is 21.7 Å². The molecule has 0 saturated heterocycles. The van der Waals surface area contributed by atoms with E-state index in [-0.39, 0.29) is 21.7 Å². The number of anilines is 1. The van der Waals surface area contributed by atoms with Crippen molar-refractivity contribution in [3.05, 3.63) is 58.7 Å². The molecule has 1 aliphatic rings. The molecule has 33 heavy (non-hydrogen) atoms. The zero-order valence-corrected chi connectivity index (χ0v) is 23.4. The van der Waals surface area contributed by atoms with Crippen LogP contribution in [0, 0.1) is 0 Å². The molecule has 3 rings (SSSR count). The Morgan fingerprint density at radius 3 is 1.30 bits per heavy atom. The first-order valence-corrected chi connectivity index (χ1v) is 12.6. The largest absolute Gasteiger partial charge is 0.244 e. The van der Waals surface area contributed by atoms with Crippen LogP contribution >= 0.6 is 0 Å². The van der Waals surface area contributed by atoms with Crippen molar-refractivity contribution in [1.82, 2.24) is 0 Å². The lowest BCUT2D eigenvalue weighted by molar-refractivity contribution is -0.425. The van der Waals surface area contributed by atoms with Gasteiger partial charge in [-0.2, -0.15) is 0 Å². The van der Waals surface area contributed by atoms with Gasteiger partial charge in [0.15, 0.2) is 0 Å². The molecular formula is C31H47N2+. The van der Waals surface area contributed by atoms with E-state index < -0.39 is 0 Å². The van der Waals surface area contributed by atoms with Gasteiger partial charge in [0.25, 0.3) is 0 Å². The molecule has 0 amide bonds. The molecule has 0 N–H and O–H groups in total. The number of nitrogens with zero attached hydrogens (tertiary/aromatic N) is 2. The third-order valence-electron chi connectivity index (χ3n) is 6.74. The van der Waals surface area contributed by atoms with Crippen LogP contribution in [0.25, 0.3) is 0 Å². The lowest BCUT2D eigenvalue weighted by Gasteiger charge is -2.30. The van der Waals surface area contributed by atoms with E-state index in [0.717, 1.165) is 13.1 Å². The van der Waals surface area contributed by atoms with Crippen molar-refractivity contribution < 1.29 is 4.58 Å². The zero-order valence-electron chi connectivity index (χ0n) is 23.4. The minimum absolute atomic E-state index is 0.0811. The average molecular weight is 448 g/mol. The Hall–Kier alpha value is -2.09. The second-order valence-corrected chi connectivity index (χ2v) is 13.9. The molecule has 0 unspecified atom stereocenters. The zero-order chi connectivity index (χ0) is 25.0. The highest BCUT2D eigenvalue weighted by atomic mass is 15.3. The minimum Gasteiger partial charge on any atom is -0.229 e. The summed E-state index contributed by atoms with van der Waals surface area (Å²) in [6.07, 6.45) is 2.39. The van der Waals surface area contributed by atoms with E-state index in [1.165, 1.54) is 33.6 Å². The Bertz CT molecular complexity index is 980. The minimum atomic E-state index is 0.0811. The van der Waals surface area contributed by atoms with E-state index in [1.807, 2.05) is 0 Å². The fraction of sp³-hybridized carbons (Fsp3) is 0.581. The number of para-hydroxylation sites is 2. The lowest BCUT2D eigenvalue weighted by Crippen LogP contribution is -2.28. The molecule has 2 aromatic carbocycles. The fourth-order valence-corrected chi connectivity index (χ4v) is 4.96. The number of hydrogen-bond acceptors (Lipinski definition) is 1. The van der Waals surface area contributed by atoms with Gasteiger partial charge in [0.2, 0.25) is 6.34 Å². The predicted octanol–water partition coefficient (Wildman–Crippen LogP) is 8.07. The second-order valence-electron chi connectivity index (χ2n) is 13.9. The second kappa shape index (κ2) is 8.29. The van der Waals surface area contributed by atoms with Gasteiger partial charge >= 0.3 is 0 Å². The van der Waals surface area contributed by atoms with Crippen molar-refractivity contribution in [3.63, 3.8) is 0 Å². The summed E-state index contributed by atoms with van der Waals surface area (Å²) in [7, 11) is 0. The number of benzene rings is 2. The Morgan fingerprint density at radius 1 is 0.576 bits per heavy atom. The molecule has 0 aliphatic carbocycles. The number of hydrogen-bond donors (Lipinski definition) is 0. The smallest absolute Gasteiger partial charge is 0.229 e. The average Bonchev–Trinajstić information content (AvgIpc) is 3.13. The third kappa shape index (κ3) is 5.20. The van der Waals surface area contributed by atoms with Crippen LogP contribution in [0.1, 0.15) is 105 Å². The van der Waals surface area contributed by atoms with Gasteiger partial charge in [-0.1, -0.05) is 119 Å². The van der Waals surface area contributed by atoms with Crippen molar-refractivity contribution >= 4 is 17.7 Å². The molecule has 180 valence electrons. The Morgan fingerprint density at radius 2 is 0.939 bits per heavy atom. The highest BCUT2D eigenvalue weighted by molar-refractivity contribution is 5.83. The maximum atomic E-state index is 2.52. The summed E-state index contributed by atoms with van der Waals surface area (Å²) in [5, 5.41) is 0. The molecule has 2 heteroatoms. The predicted molar refractivity (Wildman–Crippen MR) is 146 cm³/mol. The van der Waals surface area contributed by atoms with E-state index in [9.17, 15) is 0 Å². The molecule has 1 aliphatic heterocycles. The summed E-state index contributed by atoms with van der Waals surface area (Å²) in [5.41, 5.74) is 8.81. The molecule has 0 saturated carbocycles. The van der Waals surface area contributed by atoms with Crippen molar-refractivity contribution in [3.8, 4) is 0 Å². The molecule has 1 heterocycles. The molecule has 0 fully saturated rings. The Kier molecular flexibility index (Phi) is 6.41. The van der Waals surface area contributed by atoms with Gasteiger partial charge in [-0.3, -0.25) is 0 Å². The van der Waals surface area contributed by atoms with Crippen LogP contribution in [0.3, 0.4) is 0 Å². The first-order valence-electron chi connectivity index (χ1n) is 12.6. The summed E-state index contributed by atoms with van der Waals surface area (Å²) in [6, 6.07) is 13.8. The van der Waals surface area contributed by atoms with Crippen molar-refractivity contribution in [1.29, 1.82) is 0 Å². The van der Waals surface area contributed by atoms with Crippen molar-refractivity contribution in [2.75, 3.05) is 18.0 Å².